The Labute approximate surface area is 79.7 Å². The Bertz CT molecular complexity index is 276. The molecule has 0 aliphatic heterocycles. The number of rotatable bonds is 1. The zero-order valence-electron chi connectivity index (χ0n) is 7.94. The average Bonchev–Trinajstić information content (AvgIpc) is 1.74. The van der Waals surface area contributed by atoms with Crippen LogP contribution in [-0.2, 0) is 9.53 Å². The number of alkyl halides is 3. The van der Waals surface area contributed by atoms with E-state index < -0.39 is 11.8 Å². The summed E-state index contributed by atoms with van der Waals surface area (Å²) in [6, 6.07) is 0. The average molecular weight is 208 g/mol. The molecule has 0 N–H and O–H groups in total. The molecule has 0 saturated heterocycles. The molecule has 0 unspecified atom stereocenters. The number of carbonyl (C=O) groups is 1. The molecular weight excluding hydrogens is 197 g/mol. The first-order chi connectivity index (χ1) is 6.18. The second kappa shape index (κ2) is 3.29. The lowest BCUT2D eigenvalue weighted by atomic mass is 9.79. The minimum absolute atomic E-state index is 0.137. The van der Waals surface area contributed by atoms with Crippen LogP contribution in [0.25, 0.3) is 0 Å². The zero-order chi connectivity index (χ0) is 11.0. The lowest BCUT2D eigenvalue weighted by Crippen LogP contribution is -2.25. The maximum absolute atomic E-state index is 11.8. The van der Waals surface area contributed by atoms with E-state index in [1.54, 1.807) is 13.8 Å². The summed E-state index contributed by atoms with van der Waals surface area (Å²) in [4.78, 5) is 11.1. The highest BCUT2D eigenvalue weighted by Crippen LogP contribution is 2.36. The summed E-state index contributed by atoms with van der Waals surface area (Å²) in [5, 5.41) is 0. The molecule has 0 bridgehead atoms. The molecule has 80 valence electrons. The van der Waals surface area contributed by atoms with Gasteiger partial charge in [0, 0.05) is 18.9 Å². The van der Waals surface area contributed by atoms with Crippen LogP contribution in [0, 0.1) is 5.41 Å². The van der Waals surface area contributed by atoms with E-state index in [-0.39, 0.29) is 24.4 Å². The van der Waals surface area contributed by atoms with Crippen molar-refractivity contribution >= 4 is 5.78 Å². The molecule has 0 atom stereocenters. The van der Waals surface area contributed by atoms with Crippen molar-refractivity contribution in [2.45, 2.75) is 33.1 Å². The van der Waals surface area contributed by atoms with E-state index in [1.807, 2.05) is 0 Å². The van der Waals surface area contributed by atoms with Crippen LogP contribution in [0.5, 0.6) is 0 Å². The Morgan fingerprint density at radius 2 is 1.93 bits per heavy atom. The van der Waals surface area contributed by atoms with Crippen molar-refractivity contribution in [3.05, 3.63) is 11.8 Å². The molecule has 1 rings (SSSR count). The second-order valence-corrected chi connectivity index (χ2v) is 4.14. The van der Waals surface area contributed by atoms with Crippen LogP contribution in [0.1, 0.15) is 26.7 Å². The molecular formula is C9H11F3O2. The summed E-state index contributed by atoms with van der Waals surface area (Å²) < 4.78 is 39.3. The monoisotopic (exact) mass is 208 g/mol. The van der Waals surface area contributed by atoms with Gasteiger partial charge in [-0.05, 0) is 5.41 Å². The molecule has 2 nitrogen and oxygen atoms in total. The molecule has 0 heterocycles. The van der Waals surface area contributed by atoms with Crippen molar-refractivity contribution in [1.29, 1.82) is 0 Å². The molecule has 0 aromatic carbocycles. The van der Waals surface area contributed by atoms with E-state index in [4.69, 9.17) is 0 Å². The van der Waals surface area contributed by atoms with Crippen LogP contribution in [0.4, 0.5) is 13.2 Å². The first-order valence-electron chi connectivity index (χ1n) is 4.17. The Balaban J connectivity index is 2.75. The van der Waals surface area contributed by atoms with Crippen LogP contribution in [-0.4, -0.2) is 12.1 Å². The van der Waals surface area contributed by atoms with E-state index in [0.717, 1.165) is 6.08 Å². The van der Waals surface area contributed by atoms with Gasteiger partial charge in [0.25, 0.3) is 0 Å². The van der Waals surface area contributed by atoms with Crippen LogP contribution < -0.4 is 0 Å². The number of ether oxygens (including phenoxy) is 1. The predicted octanol–water partition coefficient (Wildman–Crippen LogP) is 2.80. The van der Waals surface area contributed by atoms with Gasteiger partial charge in [-0.1, -0.05) is 13.8 Å². The van der Waals surface area contributed by atoms with Gasteiger partial charge in [0.2, 0.25) is 0 Å². The van der Waals surface area contributed by atoms with Crippen molar-refractivity contribution in [1.82, 2.24) is 0 Å². The van der Waals surface area contributed by atoms with Crippen LogP contribution in [0.3, 0.4) is 0 Å². The Morgan fingerprint density at radius 3 is 2.36 bits per heavy atom. The van der Waals surface area contributed by atoms with Gasteiger partial charge in [-0.3, -0.25) is 4.79 Å². The third-order valence-corrected chi connectivity index (χ3v) is 1.87. The molecule has 1 aliphatic rings. The van der Waals surface area contributed by atoms with Crippen LogP contribution >= 0.6 is 0 Å². The van der Waals surface area contributed by atoms with E-state index in [0.29, 0.717) is 0 Å². The lowest BCUT2D eigenvalue weighted by molar-refractivity contribution is -0.307. The molecule has 1 aliphatic carbocycles. The van der Waals surface area contributed by atoms with Gasteiger partial charge in [-0.25, -0.2) is 0 Å². The van der Waals surface area contributed by atoms with Crippen molar-refractivity contribution in [3.8, 4) is 0 Å². The van der Waals surface area contributed by atoms with Gasteiger partial charge in [0.1, 0.15) is 5.76 Å². The maximum atomic E-state index is 11.8. The highest BCUT2D eigenvalue weighted by atomic mass is 19.4. The molecule has 14 heavy (non-hydrogen) atoms. The second-order valence-electron chi connectivity index (χ2n) is 4.14. The Hall–Kier alpha value is -1.00. The van der Waals surface area contributed by atoms with E-state index >= 15 is 0 Å². The zero-order valence-corrected chi connectivity index (χ0v) is 7.94. The van der Waals surface area contributed by atoms with Crippen LogP contribution in [0.15, 0.2) is 11.8 Å². The van der Waals surface area contributed by atoms with Crippen LogP contribution in [0.2, 0.25) is 0 Å². The molecule has 5 heteroatoms. The van der Waals surface area contributed by atoms with Gasteiger partial charge in [-0.15, -0.1) is 13.2 Å². The van der Waals surface area contributed by atoms with Gasteiger partial charge in [0.15, 0.2) is 5.78 Å². The lowest BCUT2D eigenvalue weighted by Gasteiger charge is -2.28. The third kappa shape index (κ3) is 3.40. The fourth-order valence-corrected chi connectivity index (χ4v) is 1.50. The summed E-state index contributed by atoms with van der Waals surface area (Å²) in [6.45, 7) is 3.47. The van der Waals surface area contributed by atoms with Gasteiger partial charge >= 0.3 is 6.36 Å². The minimum Gasteiger partial charge on any atom is -0.410 e. The van der Waals surface area contributed by atoms with Gasteiger partial charge < -0.3 is 4.74 Å². The quantitative estimate of drug-likeness (QED) is 0.662. The number of ketones is 1. The molecule has 0 aromatic rings. The minimum atomic E-state index is -4.71. The summed E-state index contributed by atoms with van der Waals surface area (Å²) in [5.41, 5.74) is -0.452. The van der Waals surface area contributed by atoms with Crippen molar-refractivity contribution in [3.63, 3.8) is 0 Å². The number of hydrogen-bond donors (Lipinski definition) is 0. The Morgan fingerprint density at radius 1 is 1.36 bits per heavy atom. The van der Waals surface area contributed by atoms with Crippen molar-refractivity contribution in [2.75, 3.05) is 0 Å². The standard InChI is InChI=1S/C9H11F3O2/c1-8(2)4-6(13)3-7(5-8)14-9(10,11)12/h3H,4-5H2,1-2H3. The maximum Gasteiger partial charge on any atom is 0.572 e. The highest BCUT2D eigenvalue weighted by Gasteiger charge is 2.36. The van der Waals surface area contributed by atoms with E-state index in [1.165, 1.54) is 0 Å². The number of carbonyl (C=O) groups excluding carboxylic acids is 1. The topological polar surface area (TPSA) is 26.3 Å². The molecule has 0 spiro atoms. The number of halogens is 3. The van der Waals surface area contributed by atoms with Gasteiger partial charge in [0.05, 0.1) is 0 Å². The molecule has 0 aromatic heterocycles. The van der Waals surface area contributed by atoms with E-state index in [9.17, 15) is 18.0 Å². The molecule has 0 fully saturated rings. The Kier molecular flexibility index (Phi) is 2.61. The predicted molar refractivity (Wildman–Crippen MR) is 43.2 cm³/mol. The first-order valence-corrected chi connectivity index (χ1v) is 4.17. The number of allylic oxidation sites excluding steroid dienone is 2. The van der Waals surface area contributed by atoms with E-state index in [2.05, 4.69) is 4.74 Å². The van der Waals surface area contributed by atoms with Crippen molar-refractivity contribution in [2.24, 2.45) is 5.41 Å². The molecule has 0 saturated carbocycles. The van der Waals surface area contributed by atoms with Crippen molar-refractivity contribution < 1.29 is 22.7 Å². The highest BCUT2D eigenvalue weighted by molar-refractivity contribution is 5.91. The molecule has 0 amide bonds. The smallest absolute Gasteiger partial charge is 0.410 e. The first kappa shape index (κ1) is 11.1. The largest absolute Gasteiger partial charge is 0.572 e. The fourth-order valence-electron chi connectivity index (χ4n) is 1.50. The summed E-state index contributed by atoms with van der Waals surface area (Å²) in [5.74, 6) is -0.612. The fraction of sp³-hybridized carbons (Fsp3) is 0.667. The molecule has 0 radical (unpaired) electrons. The third-order valence-electron chi connectivity index (χ3n) is 1.87. The normalized spacial score (nSPS) is 21.8. The van der Waals surface area contributed by atoms with Gasteiger partial charge in [-0.2, -0.15) is 0 Å². The summed E-state index contributed by atoms with van der Waals surface area (Å²) in [7, 11) is 0. The summed E-state index contributed by atoms with van der Waals surface area (Å²) in [6.07, 6.45) is -3.38. The summed E-state index contributed by atoms with van der Waals surface area (Å²) >= 11 is 0. The SMILES string of the molecule is CC1(C)CC(=O)C=C(OC(F)(F)F)C1. The number of hydrogen-bond acceptors (Lipinski definition) is 2.